The second-order valence-corrected chi connectivity index (χ2v) is 7.57. The van der Waals surface area contributed by atoms with E-state index >= 15 is 0 Å². The van der Waals surface area contributed by atoms with Crippen molar-refractivity contribution in [2.45, 2.75) is 64.0 Å². The molecule has 3 N–H and O–H groups in total. The summed E-state index contributed by atoms with van der Waals surface area (Å²) in [6.07, 6.45) is 6.27. The maximum Gasteiger partial charge on any atom is 0.220 e. The van der Waals surface area contributed by atoms with Crippen molar-refractivity contribution in [3.05, 3.63) is 22.4 Å². The van der Waals surface area contributed by atoms with Crippen LogP contribution in [0, 0.1) is 5.92 Å². The molecule has 1 unspecified atom stereocenters. The Bertz CT molecular complexity index is 416. The lowest BCUT2D eigenvalue weighted by atomic mass is 9.95. The van der Waals surface area contributed by atoms with Gasteiger partial charge in [0.2, 0.25) is 5.91 Å². The fourth-order valence-electron chi connectivity index (χ4n) is 2.86. The largest absolute Gasteiger partial charge is 0.348 e. The third kappa shape index (κ3) is 4.60. The smallest absolute Gasteiger partial charge is 0.220 e. The molecule has 0 radical (unpaired) electrons. The van der Waals surface area contributed by atoms with E-state index in [-0.39, 0.29) is 17.5 Å². The minimum atomic E-state index is -0.275. The quantitative estimate of drug-likeness (QED) is 0.842. The number of hydrogen-bond donors (Lipinski definition) is 2. The first-order chi connectivity index (χ1) is 9.46. The maximum absolute atomic E-state index is 12.2. The molecular weight excluding hydrogens is 268 g/mol. The van der Waals surface area contributed by atoms with Gasteiger partial charge in [-0.05, 0) is 50.5 Å². The van der Waals surface area contributed by atoms with Crippen molar-refractivity contribution in [2.24, 2.45) is 11.7 Å². The van der Waals surface area contributed by atoms with Crippen LogP contribution in [0.5, 0.6) is 0 Å². The van der Waals surface area contributed by atoms with Gasteiger partial charge in [0.15, 0.2) is 0 Å². The molecule has 3 nitrogen and oxygen atoms in total. The summed E-state index contributed by atoms with van der Waals surface area (Å²) in [7, 11) is 0. The van der Waals surface area contributed by atoms with E-state index in [4.69, 9.17) is 5.73 Å². The number of nitrogens with two attached hydrogens (primary N) is 1. The number of hydrogen-bond acceptors (Lipinski definition) is 3. The summed E-state index contributed by atoms with van der Waals surface area (Å²) in [6.45, 7) is 3.93. The lowest BCUT2D eigenvalue weighted by Crippen LogP contribution is -2.36. The lowest BCUT2D eigenvalue weighted by molar-refractivity contribution is -0.122. The Morgan fingerprint density at radius 2 is 2.20 bits per heavy atom. The van der Waals surface area contributed by atoms with Gasteiger partial charge in [-0.15, -0.1) is 11.3 Å². The SMILES string of the molecule is CC(C)(N)CCC(=O)NC(c1cccs1)C1CCCC1. The van der Waals surface area contributed by atoms with Crippen molar-refractivity contribution >= 4 is 17.2 Å². The normalized spacial score (nSPS) is 18.1. The summed E-state index contributed by atoms with van der Waals surface area (Å²) in [4.78, 5) is 13.5. The van der Waals surface area contributed by atoms with E-state index in [0.29, 0.717) is 12.3 Å². The third-order valence-corrected chi connectivity index (χ3v) is 4.99. The molecule has 112 valence electrons. The minimum absolute atomic E-state index is 0.133. The summed E-state index contributed by atoms with van der Waals surface area (Å²) in [6, 6.07) is 4.41. The molecular formula is C16H26N2OS. The highest BCUT2D eigenvalue weighted by molar-refractivity contribution is 7.10. The van der Waals surface area contributed by atoms with Crippen molar-refractivity contribution in [3.63, 3.8) is 0 Å². The molecule has 20 heavy (non-hydrogen) atoms. The van der Waals surface area contributed by atoms with Crippen LogP contribution in [-0.4, -0.2) is 11.4 Å². The highest BCUT2D eigenvalue weighted by atomic mass is 32.1. The Kier molecular flexibility index (Phi) is 5.22. The van der Waals surface area contributed by atoms with Crippen LogP contribution in [0.4, 0.5) is 0 Å². The molecule has 0 saturated heterocycles. The maximum atomic E-state index is 12.2. The molecule has 1 aromatic rings. The van der Waals surface area contributed by atoms with Crippen molar-refractivity contribution in [2.75, 3.05) is 0 Å². The molecule has 0 aliphatic heterocycles. The van der Waals surface area contributed by atoms with E-state index in [9.17, 15) is 4.79 Å². The Morgan fingerprint density at radius 1 is 1.50 bits per heavy atom. The van der Waals surface area contributed by atoms with Crippen LogP contribution in [0.2, 0.25) is 0 Å². The molecule has 1 heterocycles. The van der Waals surface area contributed by atoms with Crippen LogP contribution in [0.15, 0.2) is 17.5 Å². The van der Waals surface area contributed by atoms with Gasteiger partial charge in [-0.2, -0.15) is 0 Å². The molecule has 2 rings (SSSR count). The Labute approximate surface area is 125 Å². The minimum Gasteiger partial charge on any atom is -0.348 e. The number of rotatable bonds is 6. The molecule has 1 fully saturated rings. The highest BCUT2D eigenvalue weighted by Crippen LogP contribution is 2.37. The third-order valence-electron chi connectivity index (χ3n) is 4.03. The van der Waals surface area contributed by atoms with Crippen LogP contribution in [-0.2, 0) is 4.79 Å². The van der Waals surface area contributed by atoms with Gasteiger partial charge < -0.3 is 11.1 Å². The van der Waals surface area contributed by atoms with E-state index in [1.54, 1.807) is 11.3 Å². The topological polar surface area (TPSA) is 55.1 Å². The summed E-state index contributed by atoms with van der Waals surface area (Å²) >= 11 is 1.74. The molecule has 1 atom stereocenters. The van der Waals surface area contributed by atoms with Gasteiger partial charge in [-0.1, -0.05) is 18.9 Å². The van der Waals surface area contributed by atoms with Crippen LogP contribution in [0.25, 0.3) is 0 Å². The molecule has 4 heteroatoms. The summed E-state index contributed by atoms with van der Waals surface area (Å²) < 4.78 is 0. The first kappa shape index (κ1) is 15.5. The van der Waals surface area contributed by atoms with Crippen LogP contribution < -0.4 is 11.1 Å². The zero-order chi connectivity index (χ0) is 14.6. The molecule has 1 aliphatic rings. The lowest BCUT2D eigenvalue weighted by Gasteiger charge is -2.25. The van der Waals surface area contributed by atoms with E-state index in [1.807, 2.05) is 13.8 Å². The van der Waals surface area contributed by atoms with Gasteiger partial charge in [-0.25, -0.2) is 0 Å². The van der Waals surface area contributed by atoms with Gasteiger partial charge >= 0.3 is 0 Å². The van der Waals surface area contributed by atoms with Crippen molar-refractivity contribution in [1.82, 2.24) is 5.32 Å². The second-order valence-electron chi connectivity index (χ2n) is 6.59. The predicted octanol–water partition coefficient (Wildman–Crippen LogP) is 3.61. The first-order valence-electron chi connectivity index (χ1n) is 7.57. The van der Waals surface area contributed by atoms with Crippen LogP contribution in [0.3, 0.4) is 0 Å². The van der Waals surface area contributed by atoms with Gasteiger partial charge in [0, 0.05) is 16.8 Å². The monoisotopic (exact) mass is 294 g/mol. The van der Waals surface area contributed by atoms with Crippen molar-refractivity contribution < 1.29 is 4.79 Å². The number of amides is 1. The standard InChI is InChI=1S/C16H26N2OS/c1-16(2,17)10-9-14(19)18-15(12-6-3-4-7-12)13-8-5-11-20-13/h5,8,11-12,15H,3-4,6-7,9-10,17H2,1-2H3,(H,18,19). The van der Waals surface area contributed by atoms with Gasteiger partial charge in [0.25, 0.3) is 0 Å². The number of carbonyl (C=O) groups excluding carboxylic acids is 1. The van der Waals surface area contributed by atoms with Crippen LogP contribution in [0.1, 0.15) is 63.3 Å². The van der Waals surface area contributed by atoms with Crippen molar-refractivity contribution in [3.8, 4) is 0 Å². The Hall–Kier alpha value is -0.870. The zero-order valence-electron chi connectivity index (χ0n) is 12.5. The first-order valence-corrected chi connectivity index (χ1v) is 8.45. The van der Waals surface area contributed by atoms with E-state index in [0.717, 1.165) is 6.42 Å². The van der Waals surface area contributed by atoms with Gasteiger partial charge in [0.1, 0.15) is 0 Å². The molecule has 1 aromatic heterocycles. The van der Waals surface area contributed by atoms with Gasteiger partial charge in [0.05, 0.1) is 6.04 Å². The van der Waals surface area contributed by atoms with E-state index in [2.05, 4.69) is 22.8 Å². The summed E-state index contributed by atoms with van der Waals surface area (Å²) in [5.74, 6) is 0.734. The average Bonchev–Trinajstić information content (AvgIpc) is 3.05. The molecule has 0 bridgehead atoms. The molecule has 0 spiro atoms. The fraction of sp³-hybridized carbons (Fsp3) is 0.688. The zero-order valence-corrected chi connectivity index (χ0v) is 13.3. The van der Waals surface area contributed by atoms with E-state index < -0.39 is 0 Å². The number of nitrogens with one attached hydrogen (secondary N) is 1. The Morgan fingerprint density at radius 3 is 2.75 bits per heavy atom. The molecule has 0 aromatic carbocycles. The summed E-state index contributed by atoms with van der Waals surface area (Å²) in [5, 5.41) is 5.34. The molecule has 1 saturated carbocycles. The number of carbonyl (C=O) groups is 1. The highest BCUT2D eigenvalue weighted by Gasteiger charge is 2.28. The summed E-state index contributed by atoms with van der Waals surface area (Å²) in [5.41, 5.74) is 5.68. The van der Waals surface area contributed by atoms with Gasteiger partial charge in [-0.3, -0.25) is 4.79 Å². The Balaban J connectivity index is 1.95. The second kappa shape index (κ2) is 6.72. The van der Waals surface area contributed by atoms with E-state index in [1.165, 1.54) is 30.6 Å². The fourth-order valence-corrected chi connectivity index (χ4v) is 3.73. The predicted molar refractivity (Wildman–Crippen MR) is 84.7 cm³/mol. The molecule has 1 aliphatic carbocycles. The molecule has 1 amide bonds. The van der Waals surface area contributed by atoms with Crippen LogP contribution >= 0.6 is 11.3 Å². The number of thiophene rings is 1. The van der Waals surface area contributed by atoms with Crippen molar-refractivity contribution in [1.29, 1.82) is 0 Å². The average molecular weight is 294 g/mol.